The number of carbonyl (C=O) groups is 1. The number of hydrogen-bond donors (Lipinski definition) is 0. The summed E-state index contributed by atoms with van der Waals surface area (Å²) in [6.07, 6.45) is 3.13. The lowest BCUT2D eigenvalue weighted by molar-refractivity contribution is -0.384. The van der Waals surface area contributed by atoms with Crippen LogP contribution >= 0.6 is 0 Å². The van der Waals surface area contributed by atoms with E-state index in [1.807, 2.05) is 43.3 Å². The van der Waals surface area contributed by atoms with Crippen molar-refractivity contribution < 1.29 is 9.72 Å². The smallest absolute Gasteiger partial charge is 0.270 e. The maximum Gasteiger partial charge on any atom is 0.270 e. The highest BCUT2D eigenvalue weighted by molar-refractivity contribution is 6.07. The minimum Gasteiger partial charge on any atom is -0.378 e. The van der Waals surface area contributed by atoms with Crippen molar-refractivity contribution in [1.82, 2.24) is 0 Å². The van der Waals surface area contributed by atoms with Gasteiger partial charge in [-0.15, -0.1) is 0 Å². The van der Waals surface area contributed by atoms with Crippen LogP contribution in [0.25, 0.3) is 6.08 Å². The molecule has 22 heavy (non-hydrogen) atoms. The van der Waals surface area contributed by atoms with Crippen LogP contribution in [0, 0.1) is 10.1 Å². The molecule has 5 nitrogen and oxygen atoms in total. The van der Waals surface area contributed by atoms with Crippen LogP contribution in [0.15, 0.2) is 54.6 Å². The molecule has 112 valence electrons. The van der Waals surface area contributed by atoms with Crippen LogP contribution in [-0.2, 0) is 0 Å². The van der Waals surface area contributed by atoms with E-state index in [4.69, 9.17) is 0 Å². The number of rotatable bonds is 5. The third kappa shape index (κ3) is 3.79. The average molecular weight is 296 g/mol. The molecule has 0 aromatic heterocycles. The number of non-ortho nitro benzene ring substituents is 1. The fourth-order valence-corrected chi connectivity index (χ4v) is 1.95. The SMILES string of the molecule is CN(C)c1cccc(/C=C/C(=O)c2cccc([N+](=O)[O-])c2)c1. The van der Waals surface area contributed by atoms with Crippen molar-refractivity contribution in [3.8, 4) is 0 Å². The lowest BCUT2D eigenvalue weighted by atomic mass is 10.1. The number of allylic oxidation sites excluding steroid dienone is 1. The van der Waals surface area contributed by atoms with Gasteiger partial charge in [-0.25, -0.2) is 0 Å². The predicted octanol–water partition coefficient (Wildman–Crippen LogP) is 3.56. The van der Waals surface area contributed by atoms with Crippen molar-refractivity contribution in [3.63, 3.8) is 0 Å². The highest BCUT2D eigenvalue weighted by Gasteiger charge is 2.09. The number of anilines is 1. The topological polar surface area (TPSA) is 63.5 Å². The Morgan fingerprint density at radius 1 is 1.14 bits per heavy atom. The van der Waals surface area contributed by atoms with Gasteiger partial charge in [-0.2, -0.15) is 0 Å². The molecule has 5 heteroatoms. The summed E-state index contributed by atoms with van der Waals surface area (Å²) in [5.41, 5.74) is 2.14. The second-order valence-corrected chi connectivity index (χ2v) is 4.99. The predicted molar refractivity (Wildman–Crippen MR) is 87.2 cm³/mol. The summed E-state index contributed by atoms with van der Waals surface area (Å²) in [4.78, 5) is 24.3. The van der Waals surface area contributed by atoms with E-state index in [1.165, 1.54) is 24.3 Å². The fourth-order valence-electron chi connectivity index (χ4n) is 1.95. The van der Waals surface area contributed by atoms with Crippen LogP contribution in [0.4, 0.5) is 11.4 Å². The molecule has 2 aromatic carbocycles. The summed E-state index contributed by atoms with van der Waals surface area (Å²) in [5.74, 6) is -0.265. The molecule has 0 radical (unpaired) electrons. The van der Waals surface area contributed by atoms with E-state index in [1.54, 1.807) is 12.1 Å². The van der Waals surface area contributed by atoms with Crippen molar-refractivity contribution in [1.29, 1.82) is 0 Å². The summed E-state index contributed by atoms with van der Waals surface area (Å²) in [6, 6.07) is 13.4. The van der Waals surface area contributed by atoms with E-state index in [2.05, 4.69) is 0 Å². The number of nitro benzene ring substituents is 1. The molecular formula is C17H16N2O3. The summed E-state index contributed by atoms with van der Waals surface area (Å²) < 4.78 is 0. The van der Waals surface area contributed by atoms with E-state index in [0.29, 0.717) is 5.56 Å². The monoisotopic (exact) mass is 296 g/mol. The van der Waals surface area contributed by atoms with Gasteiger partial charge in [0.05, 0.1) is 4.92 Å². The maximum absolute atomic E-state index is 12.1. The summed E-state index contributed by atoms with van der Waals surface area (Å²) in [5, 5.41) is 10.7. The van der Waals surface area contributed by atoms with E-state index in [9.17, 15) is 14.9 Å². The van der Waals surface area contributed by atoms with E-state index in [-0.39, 0.29) is 11.5 Å². The van der Waals surface area contributed by atoms with Crippen molar-refractivity contribution in [2.45, 2.75) is 0 Å². The van der Waals surface area contributed by atoms with E-state index in [0.717, 1.165) is 11.3 Å². The summed E-state index contributed by atoms with van der Waals surface area (Å²) in [6.45, 7) is 0. The average Bonchev–Trinajstić information content (AvgIpc) is 2.53. The van der Waals surface area contributed by atoms with Crippen LogP contribution in [0.3, 0.4) is 0 Å². The normalized spacial score (nSPS) is 10.6. The zero-order chi connectivity index (χ0) is 16.1. The first-order chi connectivity index (χ1) is 10.5. The molecule has 0 spiro atoms. The van der Waals surface area contributed by atoms with Crippen LogP contribution in [0.2, 0.25) is 0 Å². The molecule has 0 bridgehead atoms. The van der Waals surface area contributed by atoms with Crippen molar-refractivity contribution >= 4 is 23.2 Å². The first kappa shape index (κ1) is 15.4. The number of carbonyl (C=O) groups excluding carboxylic acids is 1. The third-order valence-corrected chi connectivity index (χ3v) is 3.16. The van der Waals surface area contributed by atoms with Crippen molar-refractivity contribution in [2.75, 3.05) is 19.0 Å². The van der Waals surface area contributed by atoms with Crippen molar-refractivity contribution in [2.24, 2.45) is 0 Å². The molecule has 0 aliphatic heterocycles. The minimum absolute atomic E-state index is 0.0890. The molecule has 0 unspecified atom stereocenters. The summed E-state index contributed by atoms with van der Waals surface area (Å²) in [7, 11) is 3.88. The Morgan fingerprint density at radius 3 is 2.55 bits per heavy atom. The number of ketones is 1. The molecule has 0 heterocycles. The standard InChI is InChI=1S/C17H16N2O3/c1-18(2)15-7-3-5-13(11-15)9-10-17(20)14-6-4-8-16(12-14)19(21)22/h3-12H,1-2H3/b10-9+. The van der Waals surface area contributed by atoms with Gasteiger partial charge in [0, 0.05) is 37.5 Å². The Bertz CT molecular complexity index is 736. The molecule has 0 saturated heterocycles. The molecule has 0 N–H and O–H groups in total. The Hall–Kier alpha value is -2.95. The fraction of sp³-hybridized carbons (Fsp3) is 0.118. The van der Waals surface area contributed by atoms with Crippen LogP contribution in [-0.4, -0.2) is 24.8 Å². The Labute approximate surface area is 128 Å². The number of benzene rings is 2. The molecule has 0 aliphatic carbocycles. The quantitative estimate of drug-likeness (QED) is 0.366. The zero-order valence-electron chi connectivity index (χ0n) is 12.4. The Balaban J connectivity index is 2.19. The molecule has 2 aromatic rings. The number of nitrogens with zero attached hydrogens (tertiary/aromatic N) is 2. The van der Waals surface area contributed by atoms with Crippen LogP contribution in [0.5, 0.6) is 0 Å². The van der Waals surface area contributed by atoms with Gasteiger partial charge in [0.1, 0.15) is 0 Å². The van der Waals surface area contributed by atoms with Gasteiger partial charge in [-0.3, -0.25) is 14.9 Å². The number of hydrogen-bond acceptors (Lipinski definition) is 4. The Morgan fingerprint density at radius 2 is 1.86 bits per heavy atom. The van der Waals surface area contributed by atoms with E-state index < -0.39 is 4.92 Å². The summed E-state index contributed by atoms with van der Waals surface area (Å²) >= 11 is 0. The first-order valence-electron chi connectivity index (χ1n) is 6.71. The van der Waals surface area contributed by atoms with Gasteiger partial charge in [0.25, 0.3) is 5.69 Å². The van der Waals surface area contributed by atoms with Gasteiger partial charge in [-0.05, 0) is 23.8 Å². The molecule has 0 atom stereocenters. The van der Waals surface area contributed by atoms with Gasteiger partial charge in [-0.1, -0.05) is 30.3 Å². The van der Waals surface area contributed by atoms with Gasteiger partial charge in [0.15, 0.2) is 5.78 Å². The van der Waals surface area contributed by atoms with E-state index >= 15 is 0 Å². The second kappa shape index (κ2) is 6.67. The van der Waals surface area contributed by atoms with Crippen molar-refractivity contribution in [3.05, 3.63) is 75.8 Å². The molecule has 0 aliphatic rings. The first-order valence-corrected chi connectivity index (χ1v) is 6.71. The molecule has 0 amide bonds. The van der Waals surface area contributed by atoms with Gasteiger partial charge < -0.3 is 4.90 Å². The largest absolute Gasteiger partial charge is 0.378 e. The Kier molecular flexibility index (Phi) is 4.68. The molecular weight excluding hydrogens is 280 g/mol. The molecule has 0 saturated carbocycles. The van der Waals surface area contributed by atoms with Gasteiger partial charge in [0.2, 0.25) is 0 Å². The third-order valence-electron chi connectivity index (χ3n) is 3.16. The molecule has 2 rings (SSSR count). The lowest BCUT2D eigenvalue weighted by Gasteiger charge is -2.12. The lowest BCUT2D eigenvalue weighted by Crippen LogP contribution is -2.08. The second-order valence-electron chi connectivity index (χ2n) is 4.99. The van der Waals surface area contributed by atoms with Gasteiger partial charge >= 0.3 is 0 Å². The minimum atomic E-state index is -0.513. The molecule has 0 fully saturated rings. The number of nitro groups is 1. The van der Waals surface area contributed by atoms with Crippen LogP contribution in [0.1, 0.15) is 15.9 Å². The zero-order valence-corrected chi connectivity index (χ0v) is 12.4. The van der Waals surface area contributed by atoms with Crippen LogP contribution < -0.4 is 4.90 Å². The highest BCUT2D eigenvalue weighted by Crippen LogP contribution is 2.16. The highest BCUT2D eigenvalue weighted by atomic mass is 16.6. The maximum atomic E-state index is 12.1.